The summed E-state index contributed by atoms with van der Waals surface area (Å²) in [6, 6.07) is 0. The molecule has 0 amide bonds. The maximum atomic E-state index is 10.7. The topological polar surface area (TPSA) is 133 Å². The van der Waals surface area contributed by atoms with Crippen LogP contribution in [0.5, 0.6) is 0 Å². The van der Waals surface area contributed by atoms with Gasteiger partial charge in [-0.1, -0.05) is 257 Å². The molecule has 0 aromatic rings. The summed E-state index contributed by atoms with van der Waals surface area (Å²) in [6.07, 6.45) is 56.5. The third-order valence-electron chi connectivity index (χ3n) is 11.5. The van der Waals surface area contributed by atoms with Crippen LogP contribution in [-0.4, -0.2) is 76.9 Å². The average Bonchev–Trinajstić information content (AvgIpc) is 3.21. The predicted molar refractivity (Wildman–Crippen MR) is 260 cm³/mol. The number of hydrogen-bond donors (Lipinski definition) is 0. The smallest absolute Gasteiger partial charge is 0.726 e. The molecule has 0 N–H and O–H groups in total. The second-order valence-electron chi connectivity index (χ2n) is 17.5. The van der Waals surface area contributed by atoms with Crippen LogP contribution in [0.1, 0.15) is 272 Å². The van der Waals surface area contributed by atoms with Gasteiger partial charge in [0.25, 0.3) is 0 Å². The number of unbranched alkanes of at least 4 members (excludes halogenated alkanes) is 32. The van der Waals surface area contributed by atoms with E-state index in [-0.39, 0.29) is 62.8 Å². The van der Waals surface area contributed by atoms with E-state index in [2.05, 4.69) is 60.4 Å². The van der Waals surface area contributed by atoms with Crippen molar-refractivity contribution in [2.45, 2.75) is 272 Å². The molecule has 0 saturated carbocycles. The van der Waals surface area contributed by atoms with E-state index in [9.17, 15) is 25.9 Å². The van der Waals surface area contributed by atoms with Gasteiger partial charge in [-0.2, -0.15) is 0 Å². The molecule has 2 atom stereocenters. The molecule has 61 heavy (non-hydrogen) atoms. The van der Waals surface area contributed by atoms with Crippen molar-refractivity contribution >= 4 is 58.5 Å². The normalized spacial score (nSPS) is 13.1. The first-order valence-corrected chi connectivity index (χ1v) is 28.2. The molecule has 2 unspecified atom stereocenters. The maximum absolute atomic E-state index is 10.7. The van der Waals surface area contributed by atoms with Crippen molar-refractivity contribution in [1.29, 1.82) is 0 Å². The van der Waals surface area contributed by atoms with Crippen LogP contribution in [-0.2, 0) is 29.2 Å². The number of allylic oxidation sites excluding steroid dienone is 2. The van der Waals surface area contributed by atoms with Crippen LogP contribution in [0.2, 0.25) is 0 Å². The molecule has 0 aliphatic heterocycles. The van der Waals surface area contributed by atoms with Crippen LogP contribution in [0, 0.1) is 11.8 Å². The van der Waals surface area contributed by atoms with Gasteiger partial charge in [-0.05, 0) is 38.5 Å². The van der Waals surface area contributed by atoms with Crippen molar-refractivity contribution in [3.8, 4) is 0 Å². The third kappa shape index (κ3) is 60.5. The molecule has 11 heteroatoms. The van der Waals surface area contributed by atoms with Crippen molar-refractivity contribution < 1.29 is 34.3 Å². The molecule has 0 saturated heterocycles. The molecule has 0 aromatic carbocycles. The fraction of sp³-hybridized carbons (Fsp3) is 0.920. The largest absolute Gasteiger partial charge is 2.00 e. The summed E-state index contributed by atoms with van der Waals surface area (Å²) in [6.45, 7) is 8.83. The van der Waals surface area contributed by atoms with Crippen LogP contribution >= 0.6 is 0 Å². The Bertz CT molecular complexity index is 1040. The fourth-order valence-electron chi connectivity index (χ4n) is 7.62. The van der Waals surface area contributed by atoms with Gasteiger partial charge in [-0.15, -0.1) is 0 Å². The van der Waals surface area contributed by atoms with Crippen LogP contribution in [0.4, 0.5) is 0 Å². The predicted octanol–water partition coefficient (Wildman–Crippen LogP) is 15.8. The van der Waals surface area contributed by atoms with Gasteiger partial charge in [0.2, 0.25) is 20.8 Å². The minimum absolute atomic E-state index is 0. The van der Waals surface area contributed by atoms with Gasteiger partial charge in [-0.25, -0.2) is 16.8 Å². The standard InChI is InChI=1S/2C25H50O4S.Ca/c2*1-3-5-7-9-10-11-12-13-14-15-16-17-18-19-21-23-25(22-20-8-6-4-2)24-29-30(26,27)28;/h2*21,23,25H,3-20,22,24H2,1-2H3,(H,26,27,28);/q;;+2/p-2/b2*23-21+;. The first-order chi connectivity index (χ1) is 29.0. The summed E-state index contributed by atoms with van der Waals surface area (Å²) < 4.78 is 73.3. The summed E-state index contributed by atoms with van der Waals surface area (Å²) >= 11 is 0. The summed E-state index contributed by atoms with van der Waals surface area (Å²) in [5.74, 6) is 0.0418. The fourth-order valence-corrected chi connectivity index (χ4v) is 8.30. The van der Waals surface area contributed by atoms with Crippen molar-refractivity contribution in [2.75, 3.05) is 13.2 Å². The summed E-state index contributed by atoms with van der Waals surface area (Å²) in [5.41, 5.74) is 0. The zero-order valence-corrected chi connectivity index (χ0v) is 44.4. The van der Waals surface area contributed by atoms with Gasteiger partial charge in [0, 0.05) is 11.8 Å². The molecule has 0 aliphatic rings. The van der Waals surface area contributed by atoms with Crippen molar-refractivity contribution in [3.63, 3.8) is 0 Å². The van der Waals surface area contributed by atoms with Crippen LogP contribution in [0.25, 0.3) is 0 Å². The molecule has 360 valence electrons. The maximum Gasteiger partial charge on any atom is 2.00 e. The van der Waals surface area contributed by atoms with Gasteiger partial charge in [0.05, 0.1) is 13.2 Å². The Hall–Kier alpha value is 0.480. The number of hydrogen-bond acceptors (Lipinski definition) is 8. The molecule has 0 rings (SSSR count). The van der Waals surface area contributed by atoms with Crippen LogP contribution in [0.3, 0.4) is 0 Å². The molecule has 0 bridgehead atoms. The molecule has 0 fully saturated rings. The average molecular weight is 932 g/mol. The van der Waals surface area contributed by atoms with Gasteiger partial charge >= 0.3 is 37.7 Å². The van der Waals surface area contributed by atoms with E-state index in [0.29, 0.717) is 0 Å². The SMILES string of the molecule is CCCCCCCCCCCCCCC/C=C/C(CCCCCC)COS(=O)(=O)[O-].CCCCCCCCCCCCCCC/C=C/C(CCCCCC)COS(=O)(=O)[O-].[Ca+2]. The quantitative estimate of drug-likeness (QED) is 0.0194. The Balaban J connectivity index is -0.00000109. The number of rotatable bonds is 46. The van der Waals surface area contributed by atoms with Gasteiger partial charge in [0.1, 0.15) is 0 Å². The molecule has 0 radical (unpaired) electrons. The van der Waals surface area contributed by atoms with Crippen molar-refractivity contribution in [2.24, 2.45) is 11.8 Å². The summed E-state index contributed by atoms with van der Waals surface area (Å²) in [4.78, 5) is 0. The Labute approximate surface area is 410 Å². The van der Waals surface area contributed by atoms with Crippen LogP contribution in [0.15, 0.2) is 24.3 Å². The third-order valence-corrected chi connectivity index (χ3v) is 12.3. The van der Waals surface area contributed by atoms with Gasteiger partial charge in [0.15, 0.2) is 0 Å². The van der Waals surface area contributed by atoms with Crippen LogP contribution < -0.4 is 0 Å². The van der Waals surface area contributed by atoms with E-state index >= 15 is 0 Å². The molecule has 0 spiro atoms. The molecule has 0 aliphatic carbocycles. The van der Waals surface area contributed by atoms with Crippen molar-refractivity contribution in [3.05, 3.63) is 24.3 Å². The molecular weight excluding hydrogens is 833 g/mol. The van der Waals surface area contributed by atoms with E-state index < -0.39 is 20.8 Å². The second-order valence-corrected chi connectivity index (χ2v) is 19.6. The summed E-state index contributed by atoms with van der Waals surface area (Å²) in [5, 5.41) is 0. The zero-order valence-electron chi connectivity index (χ0n) is 40.5. The Morgan fingerprint density at radius 3 is 0.803 bits per heavy atom. The minimum Gasteiger partial charge on any atom is -0.726 e. The zero-order chi connectivity index (χ0) is 44.7. The summed E-state index contributed by atoms with van der Waals surface area (Å²) in [7, 11) is -9.20. The van der Waals surface area contributed by atoms with Crippen molar-refractivity contribution in [1.82, 2.24) is 0 Å². The van der Waals surface area contributed by atoms with E-state index in [1.807, 2.05) is 0 Å². The minimum atomic E-state index is -4.60. The second kappa shape index (κ2) is 51.5. The first-order valence-electron chi connectivity index (χ1n) is 25.5. The molecule has 8 nitrogen and oxygen atoms in total. The molecular formula is C50H98CaO8S2. The Morgan fingerprint density at radius 1 is 0.361 bits per heavy atom. The van der Waals surface area contributed by atoms with Gasteiger partial charge in [-0.3, -0.25) is 8.37 Å². The molecule has 0 heterocycles. The Kier molecular flexibility index (Phi) is 55.5. The first kappa shape index (κ1) is 65.8. The van der Waals surface area contributed by atoms with Gasteiger partial charge < -0.3 is 9.11 Å². The van der Waals surface area contributed by atoms with E-state index in [1.54, 1.807) is 0 Å². The van der Waals surface area contributed by atoms with E-state index in [1.165, 1.54) is 193 Å². The monoisotopic (exact) mass is 931 g/mol. The Morgan fingerprint density at radius 2 is 0.574 bits per heavy atom. The van der Waals surface area contributed by atoms with E-state index in [0.717, 1.165) is 51.4 Å². The van der Waals surface area contributed by atoms with E-state index in [4.69, 9.17) is 0 Å². The molecule has 0 aromatic heterocycles.